The van der Waals surface area contributed by atoms with Gasteiger partial charge in [0.05, 0.1) is 13.7 Å². The highest BCUT2D eigenvalue weighted by atomic mass is 16.5. The molecule has 2 rings (SSSR count). The van der Waals surface area contributed by atoms with E-state index in [1.54, 1.807) is 12.0 Å². The molecule has 1 aromatic carbocycles. The van der Waals surface area contributed by atoms with E-state index in [1.807, 2.05) is 18.2 Å². The second kappa shape index (κ2) is 13.6. The van der Waals surface area contributed by atoms with Crippen molar-refractivity contribution in [2.45, 2.75) is 51.0 Å². The normalized spacial score (nSPS) is 25.5. The predicted octanol–water partition coefficient (Wildman–Crippen LogP) is 1.28. The van der Waals surface area contributed by atoms with Crippen molar-refractivity contribution < 1.29 is 29.2 Å². The van der Waals surface area contributed by atoms with Gasteiger partial charge in [-0.15, -0.1) is 0 Å². The summed E-state index contributed by atoms with van der Waals surface area (Å²) >= 11 is 0. The average Bonchev–Trinajstić information content (AvgIpc) is 2.77. The summed E-state index contributed by atoms with van der Waals surface area (Å²) < 4.78 is 16.3. The zero-order valence-electron chi connectivity index (χ0n) is 19.0. The zero-order valence-corrected chi connectivity index (χ0v) is 19.0. The quantitative estimate of drug-likeness (QED) is 0.732. The van der Waals surface area contributed by atoms with E-state index >= 15 is 0 Å². The first-order valence-corrected chi connectivity index (χ1v) is 11.0. The molecule has 2 N–H and O–H groups in total. The Balaban J connectivity index is 2.07. The van der Waals surface area contributed by atoms with Crippen LogP contribution in [0, 0.1) is 0 Å². The van der Waals surface area contributed by atoms with Crippen molar-refractivity contribution in [2.24, 2.45) is 0 Å². The lowest BCUT2D eigenvalue weighted by Gasteiger charge is -2.31. The summed E-state index contributed by atoms with van der Waals surface area (Å²) in [5.41, 5.74) is 1.18. The summed E-state index contributed by atoms with van der Waals surface area (Å²) in [6, 6.07) is 8.07. The average molecular weight is 439 g/mol. The van der Waals surface area contributed by atoms with Gasteiger partial charge in [0.2, 0.25) is 5.91 Å². The van der Waals surface area contributed by atoms with E-state index in [9.17, 15) is 15.0 Å². The number of nitrogens with zero attached hydrogens (tertiary/aromatic N) is 2. The third-order valence-corrected chi connectivity index (χ3v) is 5.67. The molecule has 3 atom stereocenters. The molecule has 0 spiro atoms. The molecule has 8 nitrogen and oxygen atoms in total. The molecule has 1 fully saturated rings. The van der Waals surface area contributed by atoms with Crippen LogP contribution in [0.15, 0.2) is 24.3 Å². The second-order valence-electron chi connectivity index (χ2n) is 8.06. The molecule has 1 aromatic rings. The van der Waals surface area contributed by atoms with E-state index in [-0.39, 0.29) is 19.1 Å². The summed E-state index contributed by atoms with van der Waals surface area (Å²) in [5.74, 6) is 0.762. The minimum Gasteiger partial charge on any atom is -0.497 e. The fourth-order valence-corrected chi connectivity index (χ4v) is 3.79. The Kier molecular flexibility index (Phi) is 11.2. The fourth-order valence-electron chi connectivity index (χ4n) is 3.79. The number of rotatable bonds is 4. The number of hydrogen-bond acceptors (Lipinski definition) is 7. The van der Waals surface area contributed by atoms with Crippen LogP contribution in [0.2, 0.25) is 0 Å². The Morgan fingerprint density at radius 3 is 2.65 bits per heavy atom. The van der Waals surface area contributed by atoms with Gasteiger partial charge < -0.3 is 29.3 Å². The van der Waals surface area contributed by atoms with Crippen molar-refractivity contribution in [3.05, 3.63) is 29.8 Å². The smallest absolute Gasteiger partial charge is 0.219 e. The number of ether oxygens (including phenoxy) is 3. The number of carbonyl (C=O) groups is 1. The van der Waals surface area contributed by atoms with Gasteiger partial charge in [-0.05, 0) is 43.5 Å². The van der Waals surface area contributed by atoms with Crippen molar-refractivity contribution in [1.29, 1.82) is 0 Å². The predicted molar refractivity (Wildman–Crippen MR) is 118 cm³/mol. The standard InChI is InChI=1S/C23H38N2O6/c1-18(26)25-12-7-11-24(15-19-8-6-9-20(14-19)29-2)10-4-5-13-31-17-21(27)23(28)22(16-25)30-3/h6,8-9,14,21-23,27-28H,4-5,7,10-13,15-17H2,1-3H3/t21-,22-,23-/m0/s1. The van der Waals surface area contributed by atoms with Crippen molar-refractivity contribution in [3.8, 4) is 5.75 Å². The van der Waals surface area contributed by atoms with Crippen LogP contribution in [-0.4, -0.2) is 97.8 Å². The highest BCUT2D eigenvalue weighted by Crippen LogP contribution is 2.16. The van der Waals surface area contributed by atoms with E-state index in [0.29, 0.717) is 13.2 Å². The van der Waals surface area contributed by atoms with E-state index in [4.69, 9.17) is 14.2 Å². The van der Waals surface area contributed by atoms with Crippen molar-refractivity contribution >= 4 is 5.91 Å². The molecule has 1 aliphatic rings. The van der Waals surface area contributed by atoms with Gasteiger partial charge in [0.25, 0.3) is 0 Å². The molecule has 0 saturated carbocycles. The van der Waals surface area contributed by atoms with Crippen LogP contribution in [0.25, 0.3) is 0 Å². The number of aliphatic hydroxyl groups is 2. The molecule has 1 aliphatic heterocycles. The highest BCUT2D eigenvalue weighted by molar-refractivity contribution is 5.73. The van der Waals surface area contributed by atoms with E-state index in [2.05, 4.69) is 11.0 Å². The first-order valence-electron chi connectivity index (χ1n) is 11.0. The van der Waals surface area contributed by atoms with Crippen LogP contribution in [-0.2, 0) is 20.8 Å². The maximum absolute atomic E-state index is 12.2. The maximum Gasteiger partial charge on any atom is 0.219 e. The number of methoxy groups -OCH3 is 2. The summed E-state index contributed by atoms with van der Waals surface area (Å²) in [6.45, 7) is 5.40. The third kappa shape index (κ3) is 8.74. The topological polar surface area (TPSA) is 91.7 Å². The summed E-state index contributed by atoms with van der Waals surface area (Å²) in [4.78, 5) is 16.2. The molecule has 8 heteroatoms. The van der Waals surface area contributed by atoms with Gasteiger partial charge in [0.1, 0.15) is 24.1 Å². The SMILES string of the molecule is COc1cccc(CN2CCCCOC[C@H](O)[C@H](O)[C@@H](OC)CN(C(C)=O)CCC2)c1. The lowest BCUT2D eigenvalue weighted by molar-refractivity contribution is -0.136. The minimum atomic E-state index is -1.12. The summed E-state index contributed by atoms with van der Waals surface area (Å²) in [5, 5.41) is 20.7. The van der Waals surface area contributed by atoms with Gasteiger partial charge in [-0.1, -0.05) is 12.1 Å². The van der Waals surface area contributed by atoms with Gasteiger partial charge in [-0.3, -0.25) is 9.69 Å². The number of aliphatic hydroxyl groups excluding tert-OH is 2. The van der Waals surface area contributed by atoms with E-state index in [1.165, 1.54) is 19.6 Å². The molecule has 0 aliphatic carbocycles. The summed E-state index contributed by atoms with van der Waals surface area (Å²) in [6.07, 6.45) is -0.241. The van der Waals surface area contributed by atoms with Crippen LogP contribution in [0.3, 0.4) is 0 Å². The maximum atomic E-state index is 12.2. The monoisotopic (exact) mass is 438 g/mol. The first kappa shape index (κ1) is 25.5. The van der Waals surface area contributed by atoms with Crippen LogP contribution in [0.1, 0.15) is 31.7 Å². The fraction of sp³-hybridized carbons (Fsp3) is 0.696. The van der Waals surface area contributed by atoms with Crippen molar-refractivity contribution in [1.82, 2.24) is 9.80 Å². The Morgan fingerprint density at radius 2 is 1.94 bits per heavy atom. The molecule has 1 heterocycles. The molecule has 176 valence electrons. The van der Waals surface area contributed by atoms with Gasteiger partial charge in [0, 0.05) is 46.8 Å². The molecular formula is C23H38N2O6. The molecule has 0 bridgehead atoms. The molecule has 0 aromatic heterocycles. The molecule has 1 amide bonds. The second-order valence-corrected chi connectivity index (χ2v) is 8.06. The van der Waals surface area contributed by atoms with Crippen LogP contribution in [0.4, 0.5) is 0 Å². The minimum absolute atomic E-state index is 0.0363. The molecule has 0 unspecified atom stereocenters. The number of amides is 1. The Morgan fingerprint density at radius 1 is 1.16 bits per heavy atom. The van der Waals surface area contributed by atoms with Crippen molar-refractivity contribution in [3.63, 3.8) is 0 Å². The van der Waals surface area contributed by atoms with Crippen molar-refractivity contribution in [2.75, 3.05) is 53.6 Å². The third-order valence-electron chi connectivity index (χ3n) is 5.67. The number of carbonyl (C=O) groups excluding carboxylic acids is 1. The van der Waals surface area contributed by atoms with Crippen LogP contribution < -0.4 is 4.74 Å². The first-order chi connectivity index (χ1) is 14.9. The lowest BCUT2D eigenvalue weighted by Crippen LogP contribution is -2.48. The molecule has 1 saturated heterocycles. The molecular weight excluding hydrogens is 400 g/mol. The Hall–Kier alpha value is -1.71. The largest absolute Gasteiger partial charge is 0.497 e. The summed E-state index contributed by atoms with van der Waals surface area (Å²) in [7, 11) is 3.14. The zero-order chi connectivity index (χ0) is 22.6. The molecule has 31 heavy (non-hydrogen) atoms. The number of benzene rings is 1. The number of hydrogen-bond donors (Lipinski definition) is 2. The van der Waals surface area contributed by atoms with Crippen LogP contribution in [0.5, 0.6) is 5.75 Å². The van der Waals surface area contributed by atoms with Gasteiger partial charge >= 0.3 is 0 Å². The van der Waals surface area contributed by atoms with Gasteiger partial charge in [-0.25, -0.2) is 0 Å². The Bertz CT molecular complexity index is 659. The van der Waals surface area contributed by atoms with Crippen LogP contribution >= 0.6 is 0 Å². The van der Waals surface area contributed by atoms with Gasteiger partial charge in [0.15, 0.2) is 0 Å². The van der Waals surface area contributed by atoms with E-state index in [0.717, 1.165) is 44.6 Å². The highest BCUT2D eigenvalue weighted by Gasteiger charge is 2.29. The Labute approximate surface area is 185 Å². The lowest BCUT2D eigenvalue weighted by atomic mass is 10.1. The van der Waals surface area contributed by atoms with Gasteiger partial charge in [-0.2, -0.15) is 0 Å². The molecule has 0 radical (unpaired) electrons. The van der Waals surface area contributed by atoms with E-state index < -0.39 is 18.3 Å².